The molecule has 0 N–H and O–H groups in total. The molecular weight excluding hydrogens is 417 g/mol. The van der Waals surface area contributed by atoms with Crippen LogP contribution in [0.2, 0.25) is 5.02 Å². The summed E-state index contributed by atoms with van der Waals surface area (Å²) in [6.07, 6.45) is 0. The quantitative estimate of drug-likeness (QED) is 0.471. The van der Waals surface area contributed by atoms with Gasteiger partial charge in [-0.3, -0.25) is 14.5 Å². The first-order chi connectivity index (χ1) is 13.9. The van der Waals surface area contributed by atoms with E-state index in [1.807, 2.05) is 0 Å². The molecule has 9 heteroatoms. The first-order valence-corrected chi connectivity index (χ1v) is 9.79. The molecule has 3 heterocycles. The van der Waals surface area contributed by atoms with Crippen molar-refractivity contribution in [3.05, 3.63) is 85.4 Å². The van der Waals surface area contributed by atoms with Crippen LogP contribution in [0.1, 0.15) is 32.7 Å². The number of nitrogens with zero attached hydrogens (tertiary/aromatic N) is 3. The van der Waals surface area contributed by atoms with Crippen LogP contribution in [0.4, 0.5) is 9.52 Å². The molecule has 2 aromatic carbocycles. The maximum absolute atomic E-state index is 14.0. The predicted molar refractivity (Wildman–Crippen MR) is 107 cm³/mol. The Hall–Kier alpha value is -3.10. The van der Waals surface area contributed by atoms with Crippen molar-refractivity contribution in [2.45, 2.75) is 13.0 Å². The van der Waals surface area contributed by atoms with Crippen molar-refractivity contribution in [2.75, 3.05) is 4.90 Å². The molecule has 1 unspecified atom stereocenters. The number of amides is 1. The molecular formula is C20H11ClFN3O3S. The van der Waals surface area contributed by atoms with Gasteiger partial charge < -0.3 is 4.42 Å². The Morgan fingerprint density at radius 3 is 2.72 bits per heavy atom. The van der Waals surface area contributed by atoms with E-state index >= 15 is 0 Å². The second kappa shape index (κ2) is 6.47. The van der Waals surface area contributed by atoms with Crippen LogP contribution in [0.3, 0.4) is 0 Å². The second-order valence-corrected chi connectivity index (χ2v) is 8.15. The molecule has 1 atom stereocenters. The van der Waals surface area contributed by atoms with Crippen LogP contribution in [0.5, 0.6) is 0 Å². The Morgan fingerprint density at radius 2 is 2.00 bits per heavy atom. The molecule has 0 aliphatic carbocycles. The van der Waals surface area contributed by atoms with Gasteiger partial charge in [0.25, 0.3) is 5.91 Å². The van der Waals surface area contributed by atoms with E-state index in [0.29, 0.717) is 20.7 Å². The van der Waals surface area contributed by atoms with E-state index in [-0.39, 0.29) is 22.3 Å². The molecule has 1 aliphatic heterocycles. The summed E-state index contributed by atoms with van der Waals surface area (Å²) >= 11 is 7.25. The molecule has 0 fully saturated rings. The predicted octanol–water partition coefficient (Wildman–Crippen LogP) is 4.50. The van der Waals surface area contributed by atoms with E-state index in [2.05, 4.69) is 10.2 Å². The summed E-state index contributed by atoms with van der Waals surface area (Å²) in [5.74, 6) is -1.10. The summed E-state index contributed by atoms with van der Waals surface area (Å²) in [5.41, 5.74) is 0.414. The van der Waals surface area contributed by atoms with Gasteiger partial charge in [-0.2, -0.15) is 0 Å². The van der Waals surface area contributed by atoms with Crippen LogP contribution in [-0.2, 0) is 0 Å². The van der Waals surface area contributed by atoms with Crippen molar-refractivity contribution in [2.24, 2.45) is 0 Å². The minimum Gasteiger partial charge on any atom is -0.450 e. The van der Waals surface area contributed by atoms with E-state index in [4.69, 9.17) is 16.0 Å². The van der Waals surface area contributed by atoms with Crippen molar-refractivity contribution in [3.63, 3.8) is 0 Å². The third kappa shape index (κ3) is 2.75. The Bertz CT molecular complexity index is 1370. The highest BCUT2D eigenvalue weighted by Crippen LogP contribution is 2.42. The standard InChI is InChI=1S/C20H11ClFN3O3S/c1-9-23-24-20(29-9)25-16(10-3-2-4-12(22)7-10)15-17(26)13-8-11(21)5-6-14(13)28-18(15)19(25)27/h2-8,16H,1H3. The first-order valence-electron chi connectivity index (χ1n) is 8.59. The molecule has 1 amide bonds. The van der Waals surface area contributed by atoms with Gasteiger partial charge in [0.1, 0.15) is 16.4 Å². The topological polar surface area (TPSA) is 76.3 Å². The van der Waals surface area contributed by atoms with Crippen molar-refractivity contribution in [1.82, 2.24) is 10.2 Å². The molecule has 1 aliphatic rings. The number of aromatic nitrogens is 2. The summed E-state index contributed by atoms with van der Waals surface area (Å²) in [4.78, 5) is 27.9. The Balaban J connectivity index is 1.84. The average molecular weight is 428 g/mol. The second-order valence-electron chi connectivity index (χ2n) is 6.55. The maximum atomic E-state index is 14.0. The zero-order valence-corrected chi connectivity index (χ0v) is 16.4. The van der Waals surface area contributed by atoms with Crippen molar-refractivity contribution in [1.29, 1.82) is 0 Å². The minimum absolute atomic E-state index is 0.0908. The molecule has 29 heavy (non-hydrogen) atoms. The van der Waals surface area contributed by atoms with Gasteiger partial charge in [-0.05, 0) is 42.8 Å². The molecule has 0 bridgehead atoms. The Morgan fingerprint density at radius 1 is 1.17 bits per heavy atom. The number of aryl methyl sites for hydroxylation is 1. The van der Waals surface area contributed by atoms with E-state index in [9.17, 15) is 14.0 Å². The third-order valence-corrected chi connectivity index (χ3v) is 5.79. The Labute approximate surface area is 172 Å². The van der Waals surface area contributed by atoms with Crippen LogP contribution in [-0.4, -0.2) is 16.1 Å². The van der Waals surface area contributed by atoms with Gasteiger partial charge in [0, 0.05) is 5.02 Å². The van der Waals surface area contributed by atoms with E-state index in [1.165, 1.54) is 40.5 Å². The van der Waals surface area contributed by atoms with Gasteiger partial charge in [0.2, 0.25) is 10.9 Å². The molecule has 0 spiro atoms. The smallest absolute Gasteiger partial charge is 0.297 e. The highest BCUT2D eigenvalue weighted by molar-refractivity contribution is 7.15. The van der Waals surface area contributed by atoms with Crippen molar-refractivity contribution < 1.29 is 13.6 Å². The summed E-state index contributed by atoms with van der Waals surface area (Å²) in [5, 5.41) is 9.60. The number of carbonyl (C=O) groups excluding carboxylic acids is 1. The lowest BCUT2D eigenvalue weighted by Gasteiger charge is -2.22. The molecule has 5 rings (SSSR count). The highest BCUT2D eigenvalue weighted by atomic mass is 35.5. The monoisotopic (exact) mass is 427 g/mol. The van der Waals surface area contributed by atoms with Crippen LogP contribution in [0.25, 0.3) is 11.0 Å². The van der Waals surface area contributed by atoms with Crippen LogP contribution in [0, 0.1) is 12.7 Å². The van der Waals surface area contributed by atoms with Gasteiger partial charge in [-0.15, -0.1) is 10.2 Å². The fraction of sp³-hybridized carbons (Fsp3) is 0.100. The number of halogens is 2. The molecule has 0 saturated carbocycles. The fourth-order valence-electron chi connectivity index (χ4n) is 3.52. The van der Waals surface area contributed by atoms with Gasteiger partial charge in [-0.1, -0.05) is 35.1 Å². The number of rotatable bonds is 2. The summed E-state index contributed by atoms with van der Waals surface area (Å²) < 4.78 is 19.8. The normalized spacial score (nSPS) is 15.9. The summed E-state index contributed by atoms with van der Waals surface area (Å²) in [7, 11) is 0. The largest absolute Gasteiger partial charge is 0.450 e. The zero-order valence-electron chi connectivity index (χ0n) is 14.8. The van der Waals surface area contributed by atoms with E-state index < -0.39 is 23.2 Å². The number of hydrogen-bond donors (Lipinski definition) is 0. The molecule has 0 radical (unpaired) electrons. The fourth-order valence-corrected chi connectivity index (χ4v) is 4.40. The number of benzene rings is 2. The maximum Gasteiger partial charge on any atom is 0.297 e. The lowest BCUT2D eigenvalue weighted by atomic mass is 9.98. The van der Waals surface area contributed by atoms with E-state index in [0.717, 1.165) is 0 Å². The third-order valence-electron chi connectivity index (χ3n) is 4.72. The lowest BCUT2D eigenvalue weighted by molar-refractivity contribution is 0.0970. The highest BCUT2D eigenvalue weighted by Gasteiger charge is 2.45. The first kappa shape index (κ1) is 18.0. The molecule has 144 valence electrons. The molecule has 0 saturated heterocycles. The Kier molecular flexibility index (Phi) is 4.01. The molecule has 2 aromatic heterocycles. The van der Waals surface area contributed by atoms with Crippen LogP contribution in [0.15, 0.2) is 51.7 Å². The number of fused-ring (bicyclic) bond motifs is 2. The summed E-state index contributed by atoms with van der Waals surface area (Å²) in [6.45, 7) is 1.76. The number of hydrogen-bond acceptors (Lipinski definition) is 6. The minimum atomic E-state index is -0.889. The van der Waals surface area contributed by atoms with Gasteiger partial charge in [0.05, 0.1) is 17.0 Å². The zero-order chi connectivity index (χ0) is 20.3. The molecule has 4 aromatic rings. The van der Waals surface area contributed by atoms with Crippen molar-refractivity contribution >= 4 is 44.9 Å². The number of carbonyl (C=O) groups is 1. The van der Waals surface area contributed by atoms with Gasteiger partial charge in [0.15, 0.2) is 5.43 Å². The van der Waals surface area contributed by atoms with Crippen molar-refractivity contribution in [3.8, 4) is 0 Å². The van der Waals surface area contributed by atoms with Gasteiger partial charge >= 0.3 is 0 Å². The molecule has 6 nitrogen and oxygen atoms in total. The average Bonchev–Trinajstić information content (AvgIpc) is 3.24. The van der Waals surface area contributed by atoms with Crippen LogP contribution < -0.4 is 10.3 Å². The SMILES string of the molecule is Cc1nnc(N2C(=O)c3oc4ccc(Cl)cc4c(=O)c3C2c2cccc(F)c2)s1. The van der Waals surface area contributed by atoms with E-state index in [1.54, 1.807) is 25.1 Å². The lowest BCUT2D eigenvalue weighted by Crippen LogP contribution is -2.29. The number of anilines is 1. The summed E-state index contributed by atoms with van der Waals surface area (Å²) in [6, 6.07) is 9.48. The van der Waals surface area contributed by atoms with Gasteiger partial charge in [-0.25, -0.2) is 4.39 Å². The van der Waals surface area contributed by atoms with Crippen LogP contribution >= 0.6 is 22.9 Å².